The monoisotopic (exact) mass is 235 g/mol. The Bertz CT molecular complexity index is 246. The van der Waals surface area contributed by atoms with Gasteiger partial charge in [-0.25, -0.2) is 0 Å². The van der Waals surface area contributed by atoms with Crippen LogP contribution in [0.1, 0.15) is 58.8 Å². The van der Waals surface area contributed by atoms with Crippen molar-refractivity contribution in [2.24, 2.45) is 23.7 Å². The molecule has 1 heteroatoms. The minimum atomic E-state index is 0.629. The fraction of sp³-hybridized carbons (Fsp3) is 1.00. The number of rotatable bonds is 4. The Morgan fingerprint density at radius 2 is 1.47 bits per heavy atom. The van der Waals surface area contributed by atoms with Crippen molar-refractivity contribution in [1.82, 2.24) is 4.90 Å². The van der Waals surface area contributed by atoms with Gasteiger partial charge in [-0.05, 0) is 82.2 Å². The quantitative estimate of drug-likeness (QED) is 0.713. The molecule has 17 heavy (non-hydrogen) atoms. The van der Waals surface area contributed by atoms with Crippen LogP contribution in [0.5, 0.6) is 0 Å². The highest BCUT2D eigenvalue weighted by molar-refractivity contribution is 5.06. The van der Waals surface area contributed by atoms with Gasteiger partial charge in [0.1, 0.15) is 0 Å². The molecule has 4 aliphatic carbocycles. The molecular weight excluding hydrogens is 206 g/mol. The zero-order chi connectivity index (χ0) is 12.0. The van der Waals surface area contributed by atoms with Gasteiger partial charge >= 0.3 is 0 Å². The molecule has 0 aromatic carbocycles. The van der Waals surface area contributed by atoms with Crippen molar-refractivity contribution in [2.75, 3.05) is 13.6 Å². The first-order valence-electron chi connectivity index (χ1n) is 7.78. The zero-order valence-electron chi connectivity index (χ0n) is 11.9. The zero-order valence-corrected chi connectivity index (χ0v) is 11.9. The van der Waals surface area contributed by atoms with Gasteiger partial charge < -0.3 is 4.90 Å². The summed E-state index contributed by atoms with van der Waals surface area (Å²) in [7, 11) is 2.41. The van der Waals surface area contributed by atoms with E-state index in [4.69, 9.17) is 0 Å². The molecule has 4 rings (SSSR count). The van der Waals surface area contributed by atoms with Crippen molar-refractivity contribution >= 4 is 0 Å². The minimum Gasteiger partial charge on any atom is -0.301 e. The summed E-state index contributed by atoms with van der Waals surface area (Å²) in [5.74, 6) is 4.11. The van der Waals surface area contributed by atoms with Crippen LogP contribution in [-0.2, 0) is 0 Å². The highest BCUT2D eigenvalue weighted by atomic mass is 15.2. The lowest BCUT2D eigenvalue weighted by atomic mass is 9.52. The van der Waals surface area contributed by atoms with Crippen molar-refractivity contribution in [3.05, 3.63) is 0 Å². The van der Waals surface area contributed by atoms with Crippen molar-refractivity contribution < 1.29 is 0 Å². The molecule has 0 aliphatic heterocycles. The Balaban J connectivity index is 1.68. The van der Waals surface area contributed by atoms with Crippen molar-refractivity contribution in [3.8, 4) is 0 Å². The van der Waals surface area contributed by atoms with Crippen molar-refractivity contribution in [3.63, 3.8) is 0 Å². The Morgan fingerprint density at radius 3 is 1.88 bits per heavy atom. The third-order valence-corrected chi connectivity index (χ3v) is 5.86. The summed E-state index contributed by atoms with van der Waals surface area (Å²) in [5.41, 5.74) is 0.629. The second-order valence-corrected chi connectivity index (χ2v) is 7.75. The fourth-order valence-corrected chi connectivity index (χ4v) is 5.22. The summed E-state index contributed by atoms with van der Waals surface area (Å²) in [4.78, 5) is 2.76. The molecule has 0 atom stereocenters. The van der Waals surface area contributed by atoms with Crippen molar-refractivity contribution in [1.29, 1.82) is 0 Å². The van der Waals surface area contributed by atoms with Crippen LogP contribution in [0, 0.1) is 23.7 Å². The first kappa shape index (κ1) is 12.0. The molecule has 0 unspecified atom stereocenters. The average Bonchev–Trinajstić information content (AvgIpc) is 2.23. The maximum atomic E-state index is 2.76. The summed E-state index contributed by atoms with van der Waals surface area (Å²) < 4.78 is 0. The van der Waals surface area contributed by atoms with Gasteiger partial charge in [-0.1, -0.05) is 13.8 Å². The lowest BCUT2D eigenvalue weighted by Crippen LogP contribution is -2.59. The van der Waals surface area contributed by atoms with Gasteiger partial charge in [-0.3, -0.25) is 0 Å². The van der Waals surface area contributed by atoms with Crippen LogP contribution in [-0.4, -0.2) is 24.0 Å². The smallest absolute Gasteiger partial charge is 0.0214 e. The maximum absolute atomic E-state index is 2.76. The first-order chi connectivity index (χ1) is 8.07. The predicted molar refractivity (Wildman–Crippen MR) is 73.0 cm³/mol. The average molecular weight is 235 g/mol. The molecule has 4 bridgehead atoms. The van der Waals surface area contributed by atoms with E-state index in [2.05, 4.69) is 25.8 Å². The molecule has 0 N–H and O–H groups in total. The standard InChI is InChI=1S/C16H29N/c1-12(2)4-5-17(3)16-9-13-6-14(10-16)8-15(7-13)11-16/h12-15H,4-11H2,1-3H3. The van der Waals surface area contributed by atoms with Gasteiger partial charge in [0, 0.05) is 5.54 Å². The van der Waals surface area contributed by atoms with E-state index >= 15 is 0 Å². The van der Waals surface area contributed by atoms with E-state index in [0.717, 1.165) is 23.7 Å². The van der Waals surface area contributed by atoms with Crippen LogP contribution in [0.2, 0.25) is 0 Å². The van der Waals surface area contributed by atoms with Gasteiger partial charge in [0.2, 0.25) is 0 Å². The summed E-state index contributed by atoms with van der Waals surface area (Å²) in [5, 5.41) is 0. The second kappa shape index (κ2) is 4.26. The van der Waals surface area contributed by atoms with E-state index in [9.17, 15) is 0 Å². The van der Waals surface area contributed by atoms with Crippen LogP contribution in [0.15, 0.2) is 0 Å². The molecule has 0 aromatic rings. The molecule has 0 heterocycles. The summed E-state index contributed by atoms with van der Waals surface area (Å²) >= 11 is 0. The van der Waals surface area contributed by atoms with Crippen LogP contribution in [0.3, 0.4) is 0 Å². The lowest BCUT2D eigenvalue weighted by Gasteiger charge is -2.60. The highest BCUT2D eigenvalue weighted by Gasteiger charge is 2.52. The summed E-state index contributed by atoms with van der Waals surface area (Å²) in [6, 6.07) is 0. The molecule has 4 fully saturated rings. The van der Waals surface area contributed by atoms with Crippen molar-refractivity contribution in [2.45, 2.75) is 64.3 Å². The Labute approximate surface area is 107 Å². The fourth-order valence-electron chi connectivity index (χ4n) is 5.22. The molecule has 4 aliphatic rings. The molecule has 0 amide bonds. The lowest BCUT2D eigenvalue weighted by molar-refractivity contribution is -0.0799. The van der Waals surface area contributed by atoms with E-state index < -0.39 is 0 Å². The van der Waals surface area contributed by atoms with E-state index in [1.165, 1.54) is 32.2 Å². The summed E-state index contributed by atoms with van der Waals surface area (Å²) in [6.07, 6.45) is 10.6. The molecular formula is C16H29N. The van der Waals surface area contributed by atoms with Gasteiger partial charge in [0.25, 0.3) is 0 Å². The molecule has 0 saturated heterocycles. The largest absolute Gasteiger partial charge is 0.301 e. The van der Waals surface area contributed by atoms with Gasteiger partial charge in [-0.15, -0.1) is 0 Å². The van der Waals surface area contributed by atoms with Gasteiger partial charge in [-0.2, -0.15) is 0 Å². The Kier molecular flexibility index (Phi) is 3.01. The Hall–Kier alpha value is -0.0400. The number of hydrogen-bond acceptors (Lipinski definition) is 1. The van der Waals surface area contributed by atoms with Gasteiger partial charge in [0.05, 0.1) is 0 Å². The van der Waals surface area contributed by atoms with Crippen LogP contribution >= 0.6 is 0 Å². The molecule has 4 saturated carbocycles. The molecule has 98 valence electrons. The molecule has 1 nitrogen and oxygen atoms in total. The molecule has 0 aromatic heterocycles. The molecule has 0 radical (unpaired) electrons. The van der Waals surface area contributed by atoms with E-state index in [1.807, 2.05) is 0 Å². The van der Waals surface area contributed by atoms with Crippen LogP contribution < -0.4 is 0 Å². The SMILES string of the molecule is CC(C)CCN(C)C12CC3CC(CC(C3)C1)C2. The number of hydrogen-bond donors (Lipinski definition) is 0. The third kappa shape index (κ3) is 2.16. The minimum absolute atomic E-state index is 0.629. The van der Waals surface area contributed by atoms with E-state index in [-0.39, 0.29) is 0 Å². The highest BCUT2D eigenvalue weighted by Crippen LogP contribution is 2.57. The van der Waals surface area contributed by atoms with Crippen LogP contribution in [0.4, 0.5) is 0 Å². The second-order valence-electron chi connectivity index (χ2n) is 7.75. The normalized spacial score (nSPS) is 43.9. The summed E-state index contributed by atoms with van der Waals surface area (Å²) in [6.45, 7) is 6.03. The topological polar surface area (TPSA) is 3.24 Å². The van der Waals surface area contributed by atoms with Crippen LogP contribution in [0.25, 0.3) is 0 Å². The maximum Gasteiger partial charge on any atom is 0.0214 e. The van der Waals surface area contributed by atoms with E-state index in [0.29, 0.717) is 5.54 Å². The Morgan fingerprint density at radius 1 is 1.00 bits per heavy atom. The molecule has 0 spiro atoms. The number of nitrogens with zero attached hydrogens (tertiary/aromatic N) is 1. The first-order valence-corrected chi connectivity index (χ1v) is 7.78. The van der Waals surface area contributed by atoms with Gasteiger partial charge in [0.15, 0.2) is 0 Å². The van der Waals surface area contributed by atoms with E-state index in [1.54, 1.807) is 19.3 Å². The third-order valence-electron chi connectivity index (χ3n) is 5.86. The predicted octanol–water partition coefficient (Wildman–Crippen LogP) is 3.93.